The number of nitrogens with zero attached hydrogens (tertiary/aromatic N) is 1. The Morgan fingerprint density at radius 3 is 1.62 bits per heavy atom. The maximum absolute atomic E-state index is 5.51. The molecule has 3 heterocycles. The van der Waals surface area contributed by atoms with Crippen LogP contribution in [0.2, 0.25) is 0 Å². The van der Waals surface area contributed by atoms with Gasteiger partial charge in [0.2, 0.25) is 0 Å². The Morgan fingerprint density at radius 2 is 1.08 bits per heavy atom. The molecular formula is C44H43NO3. The third-order valence-corrected chi connectivity index (χ3v) is 9.69. The van der Waals surface area contributed by atoms with Crippen molar-refractivity contribution in [2.75, 3.05) is 24.7 Å². The molecule has 0 aromatic heterocycles. The van der Waals surface area contributed by atoms with E-state index in [2.05, 4.69) is 139 Å². The predicted molar refractivity (Wildman–Crippen MR) is 195 cm³/mol. The van der Waals surface area contributed by atoms with E-state index in [0.717, 1.165) is 68.1 Å². The smallest absolute Gasteiger partial charge is 0.106 e. The van der Waals surface area contributed by atoms with Gasteiger partial charge in [-0.15, -0.1) is 0 Å². The maximum atomic E-state index is 5.51. The third kappa shape index (κ3) is 7.79. The second kappa shape index (κ2) is 13.9. The standard InChI is InChI=1S/C44H43NO3/c1-31-5-14-35(15-6-31)43(36-16-18-37(19-17-36)44-30-48-44)27-34-11-24-40(25-12-34)45(39-22-9-33(10-23-39)13-26-42-29-47-42)38-20-7-32(8-21-38)3-2-4-41-28-46-41/h5-12,14-25,27,41-42,44H,2-4,13,26,28-30H2,1H3. The molecule has 0 aliphatic carbocycles. The Balaban J connectivity index is 1.08. The Kier molecular flexibility index (Phi) is 8.95. The van der Waals surface area contributed by atoms with Crippen LogP contribution in [0.3, 0.4) is 0 Å². The van der Waals surface area contributed by atoms with E-state index in [9.17, 15) is 0 Å². The molecule has 0 saturated carbocycles. The molecule has 0 radical (unpaired) electrons. The molecular weight excluding hydrogens is 590 g/mol. The van der Waals surface area contributed by atoms with Gasteiger partial charge in [0, 0.05) is 17.1 Å². The monoisotopic (exact) mass is 633 g/mol. The van der Waals surface area contributed by atoms with Crippen molar-refractivity contribution in [2.45, 2.75) is 57.3 Å². The molecule has 0 bridgehead atoms. The lowest BCUT2D eigenvalue weighted by Gasteiger charge is -2.26. The molecule has 3 unspecified atom stereocenters. The van der Waals surface area contributed by atoms with Crippen LogP contribution in [-0.4, -0.2) is 32.0 Å². The van der Waals surface area contributed by atoms with E-state index in [1.165, 1.54) is 45.4 Å². The Morgan fingerprint density at radius 1 is 0.583 bits per heavy atom. The number of benzene rings is 5. The quantitative estimate of drug-likeness (QED) is 0.0901. The van der Waals surface area contributed by atoms with E-state index < -0.39 is 0 Å². The van der Waals surface area contributed by atoms with Gasteiger partial charge in [0.05, 0.1) is 32.0 Å². The molecule has 3 atom stereocenters. The zero-order valence-corrected chi connectivity index (χ0v) is 27.7. The highest BCUT2D eigenvalue weighted by atomic mass is 16.6. The largest absolute Gasteiger partial charge is 0.373 e. The van der Waals surface area contributed by atoms with Crippen molar-refractivity contribution in [3.63, 3.8) is 0 Å². The number of rotatable bonds is 14. The van der Waals surface area contributed by atoms with Gasteiger partial charge in [0.15, 0.2) is 0 Å². The Labute approximate surface area is 284 Å². The van der Waals surface area contributed by atoms with Crippen LogP contribution in [0.15, 0.2) is 121 Å². The molecule has 3 aliphatic heterocycles. The molecule has 5 aromatic carbocycles. The summed E-state index contributed by atoms with van der Waals surface area (Å²) < 4.78 is 16.4. The van der Waals surface area contributed by atoms with Crippen LogP contribution >= 0.6 is 0 Å². The lowest BCUT2D eigenvalue weighted by atomic mass is 9.94. The molecule has 0 N–H and O–H groups in total. The van der Waals surface area contributed by atoms with Crippen LogP contribution in [-0.2, 0) is 27.1 Å². The summed E-state index contributed by atoms with van der Waals surface area (Å²) in [6.07, 6.45) is 9.06. The van der Waals surface area contributed by atoms with Crippen LogP contribution < -0.4 is 4.90 Å². The van der Waals surface area contributed by atoms with Gasteiger partial charge in [-0.05, 0) is 120 Å². The first-order chi connectivity index (χ1) is 23.6. The van der Waals surface area contributed by atoms with Crippen molar-refractivity contribution in [3.8, 4) is 0 Å². The SMILES string of the molecule is Cc1ccc(C(=Cc2ccc(N(c3ccc(CCCC4CO4)cc3)c3ccc(CCC4CO4)cc3)cc2)c2ccc(C3CO3)cc2)cc1. The van der Waals surface area contributed by atoms with Crippen molar-refractivity contribution in [3.05, 3.63) is 160 Å². The van der Waals surface area contributed by atoms with E-state index in [0.29, 0.717) is 12.2 Å². The van der Waals surface area contributed by atoms with Crippen molar-refractivity contribution in [1.82, 2.24) is 0 Å². The highest BCUT2D eigenvalue weighted by Crippen LogP contribution is 2.37. The van der Waals surface area contributed by atoms with Crippen LogP contribution in [0.5, 0.6) is 0 Å². The maximum Gasteiger partial charge on any atom is 0.106 e. The van der Waals surface area contributed by atoms with Crippen molar-refractivity contribution in [1.29, 1.82) is 0 Å². The lowest BCUT2D eigenvalue weighted by molar-refractivity contribution is 0.392. The second-order valence-corrected chi connectivity index (χ2v) is 13.5. The Hall–Kier alpha value is -4.48. The molecule has 4 nitrogen and oxygen atoms in total. The molecule has 3 aliphatic rings. The Bertz CT molecular complexity index is 1830. The van der Waals surface area contributed by atoms with E-state index >= 15 is 0 Å². The van der Waals surface area contributed by atoms with Crippen molar-refractivity contribution in [2.24, 2.45) is 0 Å². The summed E-state index contributed by atoms with van der Waals surface area (Å²) in [6, 6.07) is 44.8. The first-order valence-electron chi connectivity index (χ1n) is 17.5. The molecule has 48 heavy (non-hydrogen) atoms. The van der Waals surface area contributed by atoms with Gasteiger partial charge >= 0.3 is 0 Å². The fourth-order valence-corrected chi connectivity index (χ4v) is 6.47. The minimum absolute atomic E-state index is 0.258. The second-order valence-electron chi connectivity index (χ2n) is 13.5. The molecule has 0 amide bonds. The first kappa shape index (κ1) is 30.8. The third-order valence-electron chi connectivity index (χ3n) is 9.69. The van der Waals surface area contributed by atoms with Gasteiger partial charge in [0.1, 0.15) is 6.10 Å². The zero-order valence-electron chi connectivity index (χ0n) is 27.7. The summed E-state index contributed by atoms with van der Waals surface area (Å²) >= 11 is 0. The molecule has 4 heteroatoms. The van der Waals surface area contributed by atoms with E-state index in [1.54, 1.807) is 0 Å². The summed E-state index contributed by atoms with van der Waals surface area (Å²) in [5.41, 5.74) is 13.5. The van der Waals surface area contributed by atoms with E-state index in [4.69, 9.17) is 14.2 Å². The van der Waals surface area contributed by atoms with Crippen LogP contribution in [0, 0.1) is 6.92 Å². The molecule has 242 valence electrons. The van der Waals surface area contributed by atoms with Gasteiger partial charge in [-0.25, -0.2) is 0 Å². The summed E-state index contributed by atoms with van der Waals surface area (Å²) in [4.78, 5) is 2.36. The van der Waals surface area contributed by atoms with E-state index in [1.807, 2.05) is 0 Å². The average Bonchev–Trinajstić information content (AvgIpc) is 3.97. The zero-order chi connectivity index (χ0) is 32.3. The number of hydrogen-bond acceptors (Lipinski definition) is 4. The summed E-state index contributed by atoms with van der Waals surface area (Å²) in [6.45, 7) is 4.81. The lowest BCUT2D eigenvalue weighted by Crippen LogP contribution is -2.10. The number of anilines is 3. The average molecular weight is 634 g/mol. The summed E-state index contributed by atoms with van der Waals surface area (Å²) in [5, 5.41) is 0. The van der Waals surface area contributed by atoms with Gasteiger partial charge in [-0.3, -0.25) is 0 Å². The fourth-order valence-electron chi connectivity index (χ4n) is 6.47. The molecule has 0 spiro atoms. The highest BCUT2D eigenvalue weighted by molar-refractivity contribution is 5.92. The minimum atomic E-state index is 0.258. The number of hydrogen-bond donors (Lipinski definition) is 0. The number of aryl methyl sites for hydroxylation is 3. The van der Waals surface area contributed by atoms with Crippen molar-refractivity contribution >= 4 is 28.7 Å². The molecule has 5 aromatic rings. The van der Waals surface area contributed by atoms with Gasteiger partial charge in [-0.1, -0.05) is 90.5 Å². The van der Waals surface area contributed by atoms with Crippen LogP contribution in [0.1, 0.15) is 64.3 Å². The molecule has 3 fully saturated rings. The van der Waals surface area contributed by atoms with E-state index in [-0.39, 0.29) is 6.10 Å². The first-order valence-corrected chi connectivity index (χ1v) is 17.5. The summed E-state index contributed by atoms with van der Waals surface area (Å²) in [5.74, 6) is 0. The van der Waals surface area contributed by atoms with Crippen molar-refractivity contribution < 1.29 is 14.2 Å². The fraction of sp³-hybridized carbons (Fsp3) is 0.273. The van der Waals surface area contributed by atoms with Gasteiger partial charge in [0.25, 0.3) is 0 Å². The van der Waals surface area contributed by atoms with Gasteiger partial charge in [-0.2, -0.15) is 0 Å². The van der Waals surface area contributed by atoms with Crippen LogP contribution in [0.4, 0.5) is 17.1 Å². The topological polar surface area (TPSA) is 40.8 Å². The normalized spacial score (nSPS) is 19.6. The highest BCUT2D eigenvalue weighted by Gasteiger charge is 2.25. The molecule has 8 rings (SSSR count). The van der Waals surface area contributed by atoms with Gasteiger partial charge < -0.3 is 19.1 Å². The molecule has 3 saturated heterocycles. The predicted octanol–water partition coefficient (Wildman–Crippen LogP) is 10.2. The minimum Gasteiger partial charge on any atom is -0.373 e. The van der Waals surface area contributed by atoms with Crippen LogP contribution in [0.25, 0.3) is 11.6 Å². The summed E-state index contributed by atoms with van der Waals surface area (Å²) in [7, 11) is 0. The number of epoxide rings is 3. The number of ether oxygens (including phenoxy) is 3.